The first-order chi connectivity index (χ1) is 12.0. The summed E-state index contributed by atoms with van der Waals surface area (Å²) in [6.07, 6.45) is 1.55. The van der Waals surface area contributed by atoms with E-state index in [1.54, 1.807) is 29.0 Å². The molecular formula is C19H23N5O. The highest BCUT2D eigenvalue weighted by atomic mass is 16.2. The smallest absolute Gasteiger partial charge is 0.271 e. The molecule has 1 amide bonds. The summed E-state index contributed by atoms with van der Waals surface area (Å²) < 4.78 is 1.79. The van der Waals surface area contributed by atoms with E-state index in [0.717, 1.165) is 30.0 Å². The molecule has 1 aromatic heterocycles. The highest BCUT2D eigenvalue weighted by molar-refractivity contribution is 5.95. The largest absolute Gasteiger partial charge is 0.372 e. The van der Waals surface area contributed by atoms with Gasteiger partial charge in [-0.15, -0.1) is 0 Å². The molecule has 0 atom stereocenters. The van der Waals surface area contributed by atoms with E-state index >= 15 is 0 Å². The SMILES string of the molecule is CCN(CC)c1ccc(C(=O)N/N=C\c2cc(C#N)n(C)c2C)cc1. The van der Waals surface area contributed by atoms with E-state index in [0.29, 0.717) is 11.3 Å². The van der Waals surface area contributed by atoms with E-state index < -0.39 is 0 Å². The summed E-state index contributed by atoms with van der Waals surface area (Å²) >= 11 is 0. The van der Waals surface area contributed by atoms with Gasteiger partial charge in [0.05, 0.1) is 6.21 Å². The molecule has 0 bridgehead atoms. The predicted molar refractivity (Wildman–Crippen MR) is 99.9 cm³/mol. The Morgan fingerprint density at radius 2 is 1.96 bits per heavy atom. The first kappa shape index (κ1) is 18.3. The molecule has 0 aliphatic heterocycles. The molecule has 0 radical (unpaired) electrons. The van der Waals surface area contributed by atoms with E-state index in [2.05, 4.69) is 35.3 Å². The highest BCUT2D eigenvalue weighted by Gasteiger charge is 2.08. The highest BCUT2D eigenvalue weighted by Crippen LogP contribution is 2.15. The van der Waals surface area contributed by atoms with Crippen molar-refractivity contribution in [3.63, 3.8) is 0 Å². The number of nitrogens with zero attached hydrogens (tertiary/aromatic N) is 4. The van der Waals surface area contributed by atoms with Crippen molar-refractivity contribution in [3.05, 3.63) is 52.8 Å². The Hall–Kier alpha value is -3.07. The third kappa shape index (κ3) is 4.07. The molecule has 6 heteroatoms. The van der Waals surface area contributed by atoms with Crippen molar-refractivity contribution in [1.82, 2.24) is 9.99 Å². The van der Waals surface area contributed by atoms with E-state index in [1.807, 2.05) is 26.1 Å². The van der Waals surface area contributed by atoms with Crippen molar-refractivity contribution in [2.24, 2.45) is 12.1 Å². The number of aromatic nitrogens is 1. The van der Waals surface area contributed by atoms with Crippen molar-refractivity contribution < 1.29 is 4.79 Å². The number of carbonyl (C=O) groups excluding carboxylic acids is 1. The second-order valence-electron chi connectivity index (χ2n) is 5.66. The molecule has 130 valence electrons. The Morgan fingerprint density at radius 3 is 2.48 bits per heavy atom. The summed E-state index contributed by atoms with van der Waals surface area (Å²) in [6.45, 7) is 7.95. The van der Waals surface area contributed by atoms with Crippen molar-refractivity contribution in [1.29, 1.82) is 5.26 Å². The molecule has 0 fully saturated rings. The summed E-state index contributed by atoms with van der Waals surface area (Å²) in [5.41, 5.74) is 6.44. The third-order valence-corrected chi connectivity index (χ3v) is 4.32. The molecule has 0 aliphatic carbocycles. The molecule has 2 aromatic rings. The van der Waals surface area contributed by atoms with Gasteiger partial charge >= 0.3 is 0 Å². The quantitative estimate of drug-likeness (QED) is 0.651. The Labute approximate surface area is 148 Å². The summed E-state index contributed by atoms with van der Waals surface area (Å²) in [7, 11) is 1.82. The minimum atomic E-state index is -0.267. The van der Waals surface area contributed by atoms with E-state index in [1.165, 1.54) is 0 Å². The van der Waals surface area contributed by atoms with Gasteiger partial charge < -0.3 is 9.47 Å². The van der Waals surface area contributed by atoms with E-state index in [4.69, 9.17) is 5.26 Å². The van der Waals surface area contributed by atoms with Crippen LogP contribution in [0, 0.1) is 18.3 Å². The van der Waals surface area contributed by atoms with Gasteiger partial charge in [-0.1, -0.05) is 0 Å². The van der Waals surface area contributed by atoms with E-state index in [-0.39, 0.29) is 5.91 Å². The third-order valence-electron chi connectivity index (χ3n) is 4.32. The first-order valence-electron chi connectivity index (χ1n) is 8.26. The van der Waals surface area contributed by atoms with Crippen LogP contribution in [-0.2, 0) is 7.05 Å². The van der Waals surface area contributed by atoms with Gasteiger partial charge in [-0.2, -0.15) is 10.4 Å². The van der Waals surface area contributed by atoms with Crippen LogP contribution in [0.4, 0.5) is 5.69 Å². The normalized spacial score (nSPS) is 10.7. The van der Waals surface area contributed by atoms with Crippen LogP contribution in [-0.4, -0.2) is 29.8 Å². The molecule has 0 unspecified atom stereocenters. The zero-order valence-corrected chi connectivity index (χ0v) is 15.1. The average molecular weight is 337 g/mol. The molecule has 0 spiro atoms. The summed E-state index contributed by atoms with van der Waals surface area (Å²) in [5.74, 6) is -0.267. The van der Waals surface area contributed by atoms with Gasteiger partial charge in [-0.25, -0.2) is 5.43 Å². The van der Waals surface area contributed by atoms with Crippen LogP contribution < -0.4 is 10.3 Å². The fourth-order valence-corrected chi connectivity index (χ4v) is 2.60. The number of hydrogen-bond donors (Lipinski definition) is 1. The maximum atomic E-state index is 12.2. The van der Waals surface area contributed by atoms with Crippen LogP contribution in [0.1, 0.15) is 41.2 Å². The molecule has 6 nitrogen and oxygen atoms in total. The van der Waals surface area contributed by atoms with Gasteiger partial charge in [0.25, 0.3) is 5.91 Å². The van der Waals surface area contributed by atoms with Gasteiger partial charge in [-0.05, 0) is 51.1 Å². The minimum absolute atomic E-state index is 0.267. The summed E-state index contributed by atoms with van der Waals surface area (Å²) in [6, 6.07) is 11.3. The number of benzene rings is 1. The van der Waals surface area contributed by atoms with Crippen molar-refractivity contribution in [3.8, 4) is 6.07 Å². The molecule has 0 saturated carbocycles. The van der Waals surface area contributed by atoms with Crippen LogP contribution in [0.3, 0.4) is 0 Å². The number of anilines is 1. The molecule has 25 heavy (non-hydrogen) atoms. The molecule has 1 aromatic carbocycles. The number of nitriles is 1. The Bertz CT molecular complexity index is 808. The summed E-state index contributed by atoms with van der Waals surface area (Å²) in [4.78, 5) is 14.4. The van der Waals surface area contributed by atoms with Gasteiger partial charge in [0.2, 0.25) is 0 Å². The predicted octanol–water partition coefficient (Wildman–Crippen LogP) is 2.82. The van der Waals surface area contributed by atoms with Gasteiger partial charge in [-0.3, -0.25) is 4.79 Å². The number of carbonyl (C=O) groups is 1. The zero-order chi connectivity index (χ0) is 18.4. The second kappa shape index (κ2) is 8.15. The lowest BCUT2D eigenvalue weighted by molar-refractivity contribution is 0.0955. The van der Waals surface area contributed by atoms with Crippen LogP contribution in [0.15, 0.2) is 35.4 Å². The molecule has 2 rings (SSSR count). The maximum absolute atomic E-state index is 12.2. The minimum Gasteiger partial charge on any atom is -0.372 e. The number of rotatable bonds is 6. The van der Waals surface area contributed by atoms with E-state index in [9.17, 15) is 4.79 Å². The zero-order valence-electron chi connectivity index (χ0n) is 15.1. The maximum Gasteiger partial charge on any atom is 0.271 e. The lowest BCUT2D eigenvalue weighted by Gasteiger charge is -2.20. The second-order valence-corrected chi connectivity index (χ2v) is 5.66. The average Bonchev–Trinajstić information content (AvgIpc) is 2.91. The standard InChI is InChI=1S/C19H23N5O/c1-5-24(6-2)17-9-7-15(8-10-17)19(25)22-21-13-16-11-18(12-20)23(4)14(16)3/h7-11,13H,5-6H2,1-4H3,(H,22,25)/b21-13-. The van der Waals surface area contributed by atoms with Crippen LogP contribution >= 0.6 is 0 Å². The molecule has 0 aliphatic rings. The van der Waals surface area contributed by atoms with Gasteiger partial charge in [0, 0.05) is 42.6 Å². The van der Waals surface area contributed by atoms with Crippen molar-refractivity contribution in [2.45, 2.75) is 20.8 Å². The first-order valence-corrected chi connectivity index (χ1v) is 8.26. The monoisotopic (exact) mass is 337 g/mol. The van der Waals surface area contributed by atoms with Crippen LogP contribution in [0.25, 0.3) is 0 Å². The Kier molecular flexibility index (Phi) is 5.96. The lowest BCUT2D eigenvalue weighted by Crippen LogP contribution is -2.22. The van der Waals surface area contributed by atoms with Crippen LogP contribution in [0.2, 0.25) is 0 Å². The molecule has 1 N–H and O–H groups in total. The lowest BCUT2D eigenvalue weighted by atomic mass is 10.2. The van der Waals surface area contributed by atoms with Crippen molar-refractivity contribution in [2.75, 3.05) is 18.0 Å². The fraction of sp³-hybridized carbons (Fsp3) is 0.316. The number of nitrogens with one attached hydrogen (secondary N) is 1. The Balaban J connectivity index is 2.04. The van der Waals surface area contributed by atoms with Crippen molar-refractivity contribution >= 4 is 17.8 Å². The Morgan fingerprint density at radius 1 is 1.32 bits per heavy atom. The topological polar surface area (TPSA) is 73.4 Å². The molecule has 0 saturated heterocycles. The fourth-order valence-electron chi connectivity index (χ4n) is 2.60. The number of hydrogen-bond acceptors (Lipinski definition) is 4. The van der Waals surface area contributed by atoms with Crippen LogP contribution in [0.5, 0.6) is 0 Å². The molecule has 1 heterocycles. The number of amides is 1. The molecular weight excluding hydrogens is 314 g/mol. The number of hydrazone groups is 1. The van der Waals surface area contributed by atoms with Gasteiger partial charge in [0.1, 0.15) is 11.8 Å². The summed E-state index contributed by atoms with van der Waals surface area (Å²) in [5, 5.41) is 13.0. The van der Waals surface area contributed by atoms with Gasteiger partial charge in [0.15, 0.2) is 0 Å².